The van der Waals surface area contributed by atoms with Crippen LogP contribution in [0.4, 0.5) is 0 Å². The molecule has 0 spiro atoms. The Kier molecular flexibility index (Phi) is 3.45. The third kappa shape index (κ3) is 2.27. The molecule has 0 aliphatic rings. The number of aromatic nitrogens is 2. The van der Waals surface area contributed by atoms with Gasteiger partial charge in [-0.25, -0.2) is 4.98 Å². The Morgan fingerprint density at radius 3 is 2.72 bits per heavy atom. The summed E-state index contributed by atoms with van der Waals surface area (Å²) >= 11 is 3.47. The number of hydrogen-bond donors (Lipinski definition) is 0. The van der Waals surface area contributed by atoms with Crippen LogP contribution in [-0.2, 0) is 6.54 Å². The van der Waals surface area contributed by atoms with E-state index in [9.17, 15) is 0 Å². The second-order valence-corrected chi connectivity index (χ2v) is 4.73. The van der Waals surface area contributed by atoms with Gasteiger partial charge in [-0.15, -0.1) is 0 Å². The molecule has 2 aromatic rings. The minimum absolute atomic E-state index is 0.170. The fourth-order valence-electron chi connectivity index (χ4n) is 1.63. The number of nitriles is 2. The highest BCUT2D eigenvalue weighted by Gasteiger charge is 2.10. The van der Waals surface area contributed by atoms with Crippen LogP contribution in [0, 0.1) is 29.6 Å². The molecule has 1 heterocycles. The van der Waals surface area contributed by atoms with Crippen molar-refractivity contribution < 1.29 is 0 Å². The van der Waals surface area contributed by atoms with Crippen molar-refractivity contribution in [3.63, 3.8) is 0 Å². The Balaban J connectivity index is 2.35. The topological polar surface area (TPSA) is 65.4 Å². The van der Waals surface area contributed by atoms with Gasteiger partial charge in [0.05, 0.1) is 6.33 Å². The molecule has 1 aromatic carbocycles. The van der Waals surface area contributed by atoms with Gasteiger partial charge in [-0.3, -0.25) is 0 Å². The smallest absolute Gasteiger partial charge is 0.176 e. The normalized spacial score (nSPS) is 9.78. The van der Waals surface area contributed by atoms with Gasteiger partial charge in [0.1, 0.15) is 12.1 Å². The fourth-order valence-corrected chi connectivity index (χ4v) is 2.06. The number of imidazole rings is 1. The van der Waals surface area contributed by atoms with Crippen molar-refractivity contribution in [2.24, 2.45) is 0 Å². The van der Waals surface area contributed by atoms with E-state index >= 15 is 0 Å². The van der Waals surface area contributed by atoms with Gasteiger partial charge in [0.25, 0.3) is 0 Å². The zero-order valence-corrected chi connectivity index (χ0v) is 11.3. The Morgan fingerprint density at radius 1 is 1.33 bits per heavy atom. The molecule has 0 saturated carbocycles. The van der Waals surface area contributed by atoms with Gasteiger partial charge < -0.3 is 4.57 Å². The molecule has 2 rings (SSSR count). The SMILES string of the molecule is Cc1ccc(Cn2cnc(C#N)c2C#N)cc1Br. The van der Waals surface area contributed by atoms with Crippen molar-refractivity contribution in [2.45, 2.75) is 13.5 Å². The Labute approximate surface area is 113 Å². The lowest BCUT2D eigenvalue weighted by Gasteiger charge is -2.06. The van der Waals surface area contributed by atoms with Crippen LogP contribution in [0.1, 0.15) is 22.5 Å². The number of benzene rings is 1. The molecule has 0 saturated heterocycles. The summed E-state index contributed by atoms with van der Waals surface area (Å²) in [6.07, 6.45) is 1.52. The molecule has 0 unspecified atom stereocenters. The molecule has 18 heavy (non-hydrogen) atoms. The average Bonchev–Trinajstić information content (AvgIpc) is 2.75. The molecule has 88 valence electrons. The van der Waals surface area contributed by atoms with Gasteiger partial charge in [0.15, 0.2) is 11.4 Å². The standard InChI is InChI=1S/C13H9BrN4/c1-9-2-3-10(4-11(9)14)7-18-8-17-12(5-15)13(18)6-16/h2-4,8H,7H2,1H3. The minimum Gasteiger partial charge on any atom is -0.317 e. The van der Waals surface area contributed by atoms with Crippen LogP contribution >= 0.6 is 15.9 Å². The van der Waals surface area contributed by atoms with E-state index in [0.717, 1.165) is 15.6 Å². The number of halogens is 1. The van der Waals surface area contributed by atoms with E-state index < -0.39 is 0 Å². The van der Waals surface area contributed by atoms with E-state index in [0.29, 0.717) is 12.2 Å². The maximum Gasteiger partial charge on any atom is 0.176 e. The Morgan fingerprint density at radius 2 is 2.11 bits per heavy atom. The number of aryl methyl sites for hydroxylation is 1. The van der Waals surface area contributed by atoms with Crippen molar-refractivity contribution in [3.05, 3.63) is 51.5 Å². The largest absolute Gasteiger partial charge is 0.317 e. The van der Waals surface area contributed by atoms with Crippen LogP contribution in [0.2, 0.25) is 0 Å². The van der Waals surface area contributed by atoms with Crippen molar-refractivity contribution in [1.82, 2.24) is 9.55 Å². The molecular weight excluding hydrogens is 292 g/mol. The van der Waals surface area contributed by atoms with Crippen LogP contribution in [-0.4, -0.2) is 9.55 Å². The monoisotopic (exact) mass is 300 g/mol. The van der Waals surface area contributed by atoms with Gasteiger partial charge in [0, 0.05) is 11.0 Å². The summed E-state index contributed by atoms with van der Waals surface area (Å²) in [5.74, 6) is 0. The van der Waals surface area contributed by atoms with E-state index in [1.54, 1.807) is 4.57 Å². The maximum atomic E-state index is 9.02. The second kappa shape index (κ2) is 5.03. The minimum atomic E-state index is 0.170. The predicted molar refractivity (Wildman–Crippen MR) is 69.6 cm³/mol. The van der Waals surface area contributed by atoms with Crippen molar-refractivity contribution in [3.8, 4) is 12.1 Å². The number of hydrogen-bond acceptors (Lipinski definition) is 3. The molecule has 4 nitrogen and oxygen atoms in total. The summed E-state index contributed by atoms with van der Waals surface area (Å²) in [6.45, 7) is 2.54. The van der Waals surface area contributed by atoms with E-state index in [4.69, 9.17) is 10.5 Å². The fraction of sp³-hybridized carbons (Fsp3) is 0.154. The molecule has 0 fully saturated rings. The van der Waals surface area contributed by atoms with E-state index in [2.05, 4.69) is 20.9 Å². The first-order valence-electron chi connectivity index (χ1n) is 5.26. The quantitative estimate of drug-likeness (QED) is 0.856. The van der Waals surface area contributed by atoms with E-state index in [-0.39, 0.29) is 5.69 Å². The summed E-state index contributed by atoms with van der Waals surface area (Å²) in [5, 5.41) is 17.8. The van der Waals surface area contributed by atoms with Gasteiger partial charge in [0.2, 0.25) is 0 Å². The average molecular weight is 301 g/mol. The zero-order chi connectivity index (χ0) is 13.1. The van der Waals surface area contributed by atoms with Gasteiger partial charge >= 0.3 is 0 Å². The van der Waals surface area contributed by atoms with Gasteiger partial charge in [-0.05, 0) is 24.1 Å². The molecular formula is C13H9BrN4. The Hall–Kier alpha value is -2.11. The molecule has 0 aliphatic carbocycles. The highest BCUT2D eigenvalue weighted by Crippen LogP contribution is 2.18. The predicted octanol–water partition coefficient (Wildman–Crippen LogP) is 2.75. The number of nitrogens with zero attached hydrogens (tertiary/aromatic N) is 4. The summed E-state index contributed by atoms with van der Waals surface area (Å²) in [6, 6.07) is 9.92. The van der Waals surface area contributed by atoms with E-state index in [1.165, 1.54) is 6.33 Å². The van der Waals surface area contributed by atoms with Crippen LogP contribution in [0.15, 0.2) is 29.0 Å². The van der Waals surface area contributed by atoms with Crippen molar-refractivity contribution in [2.75, 3.05) is 0 Å². The Bertz CT molecular complexity index is 673. The van der Waals surface area contributed by atoms with Crippen LogP contribution < -0.4 is 0 Å². The van der Waals surface area contributed by atoms with Crippen molar-refractivity contribution >= 4 is 15.9 Å². The molecule has 0 bridgehead atoms. The molecule has 0 amide bonds. The van der Waals surface area contributed by atoms with Crippen molar-refractivity contribution in [1.29, 1.82) is 10.5 Å². The molecule has 0 radical (unpaired) electrons. The zero-order valence-electron chi connectivity index (χ0n) is 9.68. The molecule has 0 atom stereocenters. The summed E-state index contributed by atoms with van der Waals surface area (Å²) < 4.78 is 2.70. The van der Waals surface area contributed by atoms with Gasteiger partial charge in [-0.1, -0.05) is 28.1 Å². The summed E-state index contributed by atoms with van der Waals surface area (Å²) in [7, 11) is 0. The molecule has 1 aromatic heterocycles. The molecule has 5 heteroatoms. The molecule has 0 N–H and O–H groups in total. The first-order chi connectivity index (χ1) is 8.65. The lowest BCUT2D eigenvalue weighted by atomic mass is 10.1. The lowest BCUT2D eigenvalue weighted by Crippen LogP contribution is -2.01. The summed E-state index contributed by atoms with van der Waals surface area (Å²) in [4.78, 5) is 3.91. The van der Waals surface area contributed by atoms with Crippen LogP contribution in [0.3, 0.4) is 0 Å². The third-order valence-electron chi connectivity index (χ3n) is 2.64. The molecule has 0 aliphatic heterocycles. The first-order valence-corrected chi connectivity index (χ1v) is 6.05. The first kappa shape index (κ1) is 12.3. The van der Waals surface area contributed by atoms with Gasteiger partial charge in [-0.2, -0.15) is 10.5 Å². The number of rotatable bonds is 2. The highest BCUT2D eigenvalue weighted by atomic mass is 79.9. The third-order valence-corrected chi connectivity index (χ3v) is 3.49. The van der Waals surface area contributed by atoms with E-state index in [1.807, 2.05) is 37.3 Å². The maximum absolute atomic E-state index is 9.02. The van der Waals surface area contributed by atoms with Crippen LogP contribution in [0.25, 0.3) is 0 Å². The highest BCUT2D eigenvalue weighted by molar-refractivity contribution is 9.10. The lowest BCUT2D eigenvalue weighted by molar-refractivity contribution is 0.785. The van der Waals surface area contributed by atoms with Crippen LogP contribution in [0.5, 0.6) is 0 Å². The summed E-state index contributed by atoms with van der Waals surface area (Å²) in [5.41, 5.74) is 2.67. The second-order valence-electron chi connectivity index (χ2n) is 3.88.